The van der Waals surface area contributed by atoms with E-state index in [1.807, 2.05) is 20.0 Å². The topological polar surface area (TPSA) is 28.4 Å². The molecule has 3 heteroatoms. The van der Waals surface area contributed by atoms with Crippen LogP contribution < -0.4 is 5.32 Å². The van der Waals surface area contributed by atoms with Crippen LogP contribution >= 0.6 is 0 Å². The molecule has 1 heterocycles. The van der Waals surface area contributed by atoms with E-state index in [4.69, 9.17) is 4.42 Å². The van der Waals surface area contributed by atoms with Gasteiger partial charge in [0.2, 0.25) is 0 Å². The molecule has 0 unspecified atom stereocenters. The van der Waals surface area contributed by atoms with Gasteiger partial charge < -0.3 is 9.73 Å². The van der Waals surface area contributed by atoms with Crippen LogP contribution in [0.15, 0.2) is 16.5 Å². The maximum absolute atomic E-state index is 5.53. The number of nitrogens with one attached hydrogen (secondary N) is 1. The van der Waals surface area contributed by atoms with Gasteiger partial charge in [0.05, 0.1) is 6.54 Å². The highest BCUT2D eigenvalue weighted by molar-refractivity contribution is 5.05. The molecule has 0 aliphatic carbocycles. The molecule has 0 aliphatic heterocycles. The summed E-state index contributed by atoms with van der Waals surface area (Å²) in [5, 5.41) is 3.16. The van der Waals surface area contributed by atoms with E-state index >= 15 is 0 Å². The average Bonchev–Trinajstić information content (AvgIpc) is 2.59. The summed E-state index contributed by atoms with van der Waals surface area (Å²) in [6.45, 7) is 5.12. The predicted octanol–water partition coefficient (Wildman–Crippen LogP) is 2.02. The van der Waals surface area contributed by atoms with E-state index in [-0.39, 0.29) is 0 Å². The molecule has 0 spiro atoms. The van der Waals surface area contributed by atoms with Crippen molar-refractivity contribution in [3.05, 3.63) is 23.7 Å². The Balaban J connectivity index is 2.15. The fourth-order valence-electron chi connectivity index (χ4n) is 1.60. The molecule has 1 rings (SSSR count). The number of furan rings is 1. The van der Waals surface area contributed by atoms with Gasteiger partial charge in [0.15, 0.2) is 0 Å². The summed E-state index contributed by atoms with van der Waals surface area (Å²) in [5.41, 5.74) is 0. The van der Waals surface area contributed by atoms with Crippen molar-refractivity contribution in [1.82, 2.24) is 10.2 Å². The Bertz CT molecular complexity index is 270. The fraction of sp³-hybridized carbons (Fsp3) is 0.667. The number of unbranched alkanes of at least 4 members (excludes halogenated alkanes) is 1. The minimum atomic E-state index is 0.910. The molecule has 3 nitrogen and oxygen atoms in total. The summed E-state index contributed by atoms with van der Waals surface area (Å²) >= 11 is 0. The summed E-state index contributed by atoms with van der Waals surface area (Å²) in [6.07, 6.45) is 2.47. The zero-order chi connectivity index (χ0) is 11.1. The third-order valence-corrected chi connectivity index (χ3v) is 2.44. The fourth-order valence-corrected chi connectivity index (χ4v) is 1.60. The highest BCUT2D eigenvalue weighted by Gasteiger charge is 2.03. The molecule has 0 amide bonds. The van der Waals surface area contributed by atoms with Gasteiger partial charge >= 0.3 is 0 Å². The second kappa shape index (κ2) is 6.64. The van der Waals surface area contributed by atoms with E-state index in [1.54, 1.807) is 0 Å². The maximum Gasteiger partial charge on any atom is 0.118 e. The molecular formula is C12H22N2O. The smallest absolute Gasteiger partial charge is 0.118 e. The van der Waals surface area contributed by atoms with Gasteiger partial charge in [0.25, 0.3) is 0 Å². The van der Waals surface area contributed by atoms with Crippen molar-refractivity contribution >= 4 is 0 Å². The van der Waals surface area contributed by atoms with Crippen LogP contribution in [-0.2, 0) is 6.54 Å². The molecule has 1 aromatic heterocycles. The predicted molar refractivity (Wildman–Crippen MR) is 62.9 cm³/mol. The molecule has 0 saturated heterocycles. The maximum atomic E-state index is 5.53. The first-order valence-corrected chi connectivity index (χ1v) is 5.61. The molecule has 86 valence electrons. The first-order valence-electron chi connectivity index (χ1n) is 5.61. The van der Waals surface area contributed by atoms with Gasteiger partial charge in [-0.05, 0) is 59.1 Å². The molecule has 0 aromatic carbocycles. The molecule has 0 atom stereocenters. The van der Waals surface area contributed by atoms with Crippen LogP contribution in [0.25, 0.3) is 0 Å². The Labute approximate surface area is 92.5 Å². The zero-order valence-corrected chi connectivity index (χ0v) is 10.0. The minimum absolute atomic E-state index is 0.910. The Morgan fingerprint density at radius 2 is 2.13 bits per heavy atom. The van der Waals surface area contributed by atoms with Gasteiger partial charge in [-0.3, -0.25) is 4.90 Å². The number of aryl methyl sites for hydroxylation is 1. The standard InChI is InChI=1S/C12H22N2O/c1-11-6-7-12(15-11)10-14(3)9-5-4-8-13-2/h6-7,13H,4-5,8-10H2,1-3H3. The molecule has 0 radical (unpaired) electrons. The van der Waals surface area contributed by atoms with Gasteiger partial charge in [0.1, 0.15) is 11.5 Å². The van der Waals surface area contributed by atoms with Crippen LogP contribution in [0.3, 0.4) is 0 Å². The van der Waals surface area contributed by atoms with E-state index in [0.29, 0.717) is 0 Å². The van der Waals surface area contributed by atoms with Crippen molar-refractivity contribution in [1.29, 1.82) is 0 Å². The van der Waals surface area contributed by atoms with E-state index in [0.717, 1.165) is 31.2 Å². The molecule has 0 bridgehead atoms. The monoisotopic (exact) mass is 210 g/mol. The molecule has 0 saturated carbocycles. The highest BCUT2D eigenvalue weighted by atomic mass is 16.3. The number of hydrogen-bond acceptors (Lipinski definition) is 3. The second-order valence-corrected chi connectivity index (χ2v) is 4.06. The highest BCUT2D eigenvalue weighted by Crippen LogP contribution is 2.08. The van der Waals surface area contributed by atoms with Crippen LogP contribution in [0.4, 0.5) is 0 Å². The summed E-state index contributed by atoms with van der Waals surface area (Å²) in [7, 11) is 4.13. The van der Waals surface area contributed by atoms with Crippen LogP contribution in [0.2, 0.25) is 0 Å². The summed E-state index contributed by atoms with van der Waals surface area (Å²) in [6, 6.07) is 4.07. The van der Waals surface area contributed by atoms with Crippen molar-refractivity contribution in [2.45, 2.75) is 26.3 Å². The Morgan fingerprint density at radius 3 is 2.73 bits per heavy atom. The molecular weight excluding hydrogens is 188 g/mol. The quantitative estimate of drug-likeness (QED) is 0.698. The number of rotatable bonds is 7. The SMILES string of the molecule is CNCCCCN(C)Cc1ccc(C)o1. The number of hydrogen-bond donors (Lipinski definition) is 1. The van der Waals surface area contributed by atoms with Crippen LogP contribution in [0, 0.1) is 6.92 Å². The second-order valence-electron chi connectivity index (χ2n) is 4.06. The Hall–Kier alpha value is -0.800. The third kappa shape index (κ3) is 5.00. The van der Waals surface area contributed by atoms with Crippen molar-refractivity contribution in [3.8, 4) is 0 Å². The van der Waals surface area contributed by atoms with Gasteiger partial charge in [-0.2, -0.15) is 0 Å². The van der Waals surface area contributed by atoms with E-state index in [1.165, 1.54) is 12.8 Å². The lowest BCUT2D eigenvalue weighted by Crippen LogP contribution is -2.20. The van der Waals surface area contributed by atoms with E-state index < -0.39 is 0 Å². The number of nitrogens with zero attached hydrogens (tertiary/aromatic N) is 1. The zero-order valence-electron chi connectivity index (χ0n) is 10.0. The van der Waals surface area contributed by atoms with E-state index in [9.17, 15) is 0 Å². The van der Waals surface area contributed by atoms with Crippen LogP contribution in [0.5, 0.6) is 0 Å². The third-order valence-electron chi connectivity index (χ3n) is 2.44. The molecule has 0 aliphatic rings. The first-order chi connectivity index (χ1) is 7.22. The molecule has 1 N–H and O–H groups in total. The van der Waals surface area contributed by atoms with Gasteiger partial charge in [-0.1, -0.05) is 0 Å². The Morgan fingerprint density at radius 1 is 1.33 bits per heavy atom. The summed E-state index contributed by atoms with van der Waals surface area (Å²) in [5.74, 6) is 2.05. The van der Waals surface area contributed by atoms with Gasteiger partial charge in [0, 0.05) is 0 Å². The van der Waals surface area contributed by atoms with Crippen molar-refractivity contribution in [2.75, 3.05) is 27.2 Å². The molecule has 15 heavy (non-hydrogen) atoms. The van der Waals surface area contributed by atoms with Crippen molar-refractivity contribution in [2.24, 2.45) is 0 Å². The Kier molecular flexibility index (Phi) is 5.43. The minimum Gasteiger partial charge on any atom is -0.465 e. The molecule has 0 fully saturated rings. The average molecular weight is 210 g/mol. The van der Waals surface area contributed by atoms with Gasteiger partial charge in [-0.15, -0.1) is 0 Å². The lowest BCUT2D eigenvalue weighted by Gasteiger charge is -2.14. The van der Waals surface area contributed by atoms with Crippen LogP contribution in [-0.4, -0.2) is 32.1 Å². The lowest BCUT2D eigenvalue weighted by atomic mass is 10.3. The van der Waals surface area contributed by atoms with Crippen molar-refractivity contribution < 1.29 is 4.42 Å². The molecule has 1 aromatic rings. The normalized spacial score (nSPS) is 11.2. The van der Waals surface area contributed by atoms with E-state index in [2.05, 4.69) is 23.3 Å². The first kappa shape index (κ1) is 12.3. The summed E-state index contributed by atoms with van der Waals surface area (Å²) in [4.78, 5) is 2.30. The largest absolute Gasteiger partial charge is 0.465 e. The summed E-state index contributed by atoms with van der Waals surface area (Å²) < 4.78 is 5.53. The van der Waals surface area contributed by atoms with Crippen molar-refractivity contribution in [3.63, 3.8) is 0 Å². The lowest BCUT2D eigenvalue weighted by molar-refractivity contribution is 0.286. The van der Waals surface area contributed by atoms with Gasteiger partial charge in [-0.25, -0.2) is 0 Å². The van der Waals surface area contributed by atoms with Crippen LogP contribution in [0.1, 0.15) is 24.4 Å².